The van der Waals surface area contributed by atoms with Crippen molar-refractivity contribution in [3.8, 4) is 11.8 Å². The van der Waals surface area contributed by atoms with E-state index in [4.69, 9.17) is 14.7 Å². The van der Waals surface area contributed by atoms with Crippen LogP contribution in [0.3, 0.4) is 0 Å². The van der Waals surface area contributed by atoms with Crippen LogP contribution < -0.4 is 4.74 Å². The van der Waals surface area contributed by atoms with Gasteiger partial charge in [-0.2, -0.15) is 5.26 Å². The minimum atomic E-state index is -0.370. The smallest absolute Gasteiger partial charge is 0.307 e. The summed E-state index contributed by atoms with van der Waals surface area (Å²) >= 11 is 0. The molecule has 0 aromatic heterocycles. The zero-order chi connectivity index (χ0) is 12.7. The molecule has 0 saturated heterocycles. The lowest BCUT2D eigenvalue weighted by Gasteiger charge is -2.09. The van der Waals surface area contributed by atoms with Crippen molar-refractivity contribution < 1.29 is 14.3 Å². The van der Waals surface area contributed by atoms with Gasteiger partial charge in [0.1, 0.15) is 12.4 Å². The molecule has 4 heteroatoms. The van der Waals surface area contributed by atoms with Crippen molar-refractivity contribution in [1.82, 2.24) is 0 Å². The molecule has 0 saturated carbocycles. The number of esters is 1. The maximum absolute atomic E-state index is 11.4. The fourth-order valence-electron chi connectivity index (χ4n) is 1.34. The standard InChI is InChI=1S/C13H15NO3/c1-10(8-14)7-13(15)17-9-11-5-3-4-6-12(11)16-2/h3-6,10H,7,9H2,1-2H3. The van der Waals surface area contributed by atoms with Gasteiger partial charge in [0.15, 0.2) is 0 Å². The topological polar surface area (TPSA) is 59.3 Å². The molecular formula is C13H15NO3. The summed E-state index contributed by atoms with van der Waals surface area (Å²) in [6.07, 6.45) is 0.117. The second kappa shape index (κ2) is 6.54. The normalized spacial score (nSPS) is 11.4. The van der Waals surface area contributed by atoms with Crippen LogP contribution in [0.2, 0.25) is 0 Å². The van der Waals surface area contributed by atoms with Crippen molar-refractivity contribution in [3.05, 3.63) is 29.8 Å². The van der Waals surface area contributed by atoms with Gasteiger partial charge in [-0.3, -0.25) is 4.79 Å². The summed E-state index contributed by atoms with van der Waals surface area (Å²) in [5, 5.41) is 8.57. The molecule has 1 rings (SSSR count). The summed E-state index contributed by atoms with van der Waals surface area (Å²) in [5.41, 5.74) is 0.813. The zero-order valence-corrected chi connectivity index (χ0v) is 9.97. The Hall–Kier alpha value is -2.02. The molecule has 0 spiro atoms. The third-order valence-electron chi connectivity index (χ3n) is 2.27. The van der Waals surface area contributed by atoms with Crippen molar-refractivity contribution in [2.45, 2.75) is 20.0 Å². The molecule has 0 radical (unpaired) electrons. The van der Waals surface area contributed by atoms with E-state index in [0.29, 0.717) is 5.75 Å². The second-order valence-electron chi connectivity index (χ2n) is 3.71. The summed E-state index contributed by atoms with van der Waals surface area (Å²) in [6.45, 7) is 1.85. The number of rotatable bonds is 5. The molecule has 0 aliphatic carbocycles. The van der Waals surface area contributed by atoms with Crippen molar-refractivity contribution in [1.29, 1.82) is 5.26 Å². The third kappa shape index (κ3) is 4.15. The zero-order valence-electron chi connectivity index (χ0n) is 9.97. The first-order valence-corrected chi connectivity index (χ1v) is 5.34. The van der Waals surface area contributed by atoms with Crippen molar-refractivity contribution in [3.63, 3.8) is 0 Å². The molecule has 4 nitrogen and oxygen atoms in total. The fourth-order valence-corrected chi connectivity index (χ4v) is 1.34. The summed E-state index contributed by atoms with van der Waals surface area (Å²) < 4.78 is 10.2. The van der Waals surface area contributed by atoms with E-state index in [9.17, 15) is 4.79 Å². The molecule has 0 aliphatic heterocycles. The molecule has 90 valence electrons. The summed E-state index contributed by atoms with van der Waals surface area (Å²) in [6, 6.07) is 9.33. The fraction of sp³-hybridized carbons (Fsp3) is 0.385. The van der Waals surface area contributed by atoms with E-state index in [1.807, 2.05) is 24.3 Å². The average molecular weight is 233 g/mol. The molecule has 0 amide bonds. The van der Waals surface area contributed by atoms with Gasteiger partial charge < -0.3 is 9.47 Å². The molecule has 0 N–H and O–H groups in total. The highest BCUT2D eigenvalue weighted by atomic mass is 16.5. The SMILES string of the molecule is COc1ccccc1COC(=O)CC(C)C#N. The number of benzene rings is 1. The van der Waals surface area contributed by atoms with Crippen LogP contribution in [0.4, 0.5) is 0 Å². The summed E-state index contributed by atoms with van der Waals surface area (Å²) in [4.78, 5) is 11.4. The molecule has 1 atom stereocenters. The van der Waals surface area contributed by atoms with Gasteiger partial charge in [-0.25, -0.2) is 0 Å². The second-order valence-corrected chi connectivity index (χ2v) is 3.71. The Kier molecular flexibility index (Phi) is 5.02. The number of methoxy groups -OCH3 is 1. The van der Waals surface area contributed by atoms with E-state index in [2.05, 4.69) is 0 Å². The minimum absolute atomic E-state index is 0.117. The van der Waals surface area contributed by atoms with Gasteiger partial charge in [-0.1, -0.05) is 18.2 Å². The molecule has 0 heterocycles. The molecular weight excluding hydrogens is 218 g/mol. The van der Waals surface area contributed by atoms with Gasteiger partial charge in [0, 0.05) is 5.56 Å². The van der Waals surface area contributed by atoms with Crippen molar-refractivity contribution >= 4 is 5.97 Å². The van der Waals surface area contributed by atoms with E-state index in [0.717, 1.165) is 5.56 Å². The Morgan fingerprint density at radius 1 is 1.47 bits per heavy atom. The summed E-state index contributed by atoms with van der Waals surface area (Å²) in [5.74, 6) is -0.00115. The maximum atomic E-state index is 11.4. The van der Waals surface area contributed by atoms with Crippen LogP contribution in [-0.4, -0.2) is 13.1 Å². The van der Waals surface area contributed by atoms with E-state index >= 15 is 0 Å². The molecule has 17 heavy (non-hydrogen) atoms. The molecule has 0 bridgehead atoms. The number of nitriles is 1. The predicted molar refractivity (Wildman–Crippen MR) is 62.2 cm³/mol. The Morgan fingerprint density at radius 3 is 2.82 bits per heavy atom. The molecule has 1 unspecified atom stereocenters. The maximum Gasteiger partial charge on any atom is 0.307 e. The first kappa shape index (κ1) is 13.0. The van der Waals surface area contributed by atoms with E-state index in [-0.39, 0.29) is 24.9 Å². The quantitative estimate of drug-likeness (QED) is 0.732. The number of para-hydroxylation sites is 1. The van der Waals surface area contributed by atoms with Crippen molar-refractivity contribution in [2.24, 2.45) is 5.92 Å². The minimum Gasteiger partial charge on any atom is -0.496 e. The number of carbonyl (C=O) groups excluding carboxylic acids is 1. The first-order chi connectivity index (χ1) is 8.17. The van der Waals surface area contributed by atoms with Gasteiger partial charge in [-0.05, 0) is 13.0 Å². The van der Waals surface area contributed by atoms with E-state index < -0.39 is 0 Å². The Balaban J connectivity index is 2.50. The Bertz CT molecular complexity index is 423. The highest BCUT2D eigenvalue weighted by Crippen LogP contribution is 2.18. The van der Waals surface area contributed by atoms with E-state index in [1.54, 1.807) is 20.1 Å². The van der Waals surface area contributed by atoms with Gasteiger partial charge in [-0.15, -0.1) is 0 Å². The van der Waals surface area contributed by atoms with Crippen LogP contribution >= 0.6 is 0 Å². The van der Waals surface area contributed by atoms with Gasteiger partial charge in [0.25, 0.3) is 0 Å². The van der Waals surface area contributed by atoms with Crippen molar-refractivity contribution in [2.75, 3.05) is 7.11 Å². The highest BCUT2D eigenvalue weighted by molar-refractivity contribution is 5.70. The van der Waals surface area contributed by atoms with Gasteiger partial charge in [0.05, 0.1) is 25.5 Å². The predicted octanol–water partition coefficient (Wildman–Crippen LogP) is 2.29. The monoisotopic (exact) mass is 233 g/mol. The van der Waals surface area contributed by atoms with Crippen LogP contribution in [-0.2, 0) is 16.1 Å². The summed E-state index contributed by atoms with van der Waals surface area (Å²) in [7, 11) is 1.57. The lowest BCUT2D eigenvalue weighted by Crippen LogP contribution is -2.08. The lowest BCUT2D eigenvalue weighted by molar-refractivity contribution is -0.145. The molecule has 1 aromatic carbocycles. The Labute approximate surface area is 101 Å². The number of nitrogens with zero attached hydrogens (tertiary/aromatic N) is 1. The third-order valence-corrected chi connectivity index (χ3v) is 2.27. The van der Waals surface area contributed by atoms with Crippen LogP contribution in [0.5, 0.6) is 5.75 Å². The lowest BCUT2D eigenvalue weighted by atomic mass is 10.1. The van der Waals surface area contributed by atoms with E-state index in [1.165, 1.54) is 0 Å². The van der Waals surface area contributed by atoms with Gasteiger partial charge in [0.2, 0.25) is 0 Å². The van der Waals surface area contributed by atoms with Crippen LogP contribution in [0.15, 0.2) is 24.3 Å². The number of ether oxygens (including phenoxy) is 2. The van der Waals surface area contributed by atoms with Gasteiger partial charge >= 0.3 is 5.97 Å². The van der Waals surface area contributed by atoms with Crippen LogP contribution in [0, 0.1) is 17.2 Å². The average Bonchev–Trinajstić information content (AvgIpc) is 2.36. The Morgan fingerprint density at radius 2 is 2.18 bits per heavy atom. The molecule has 1 aromatic rings. The largest absolute Gasteiger partial charge is 0.496 e. The van der Waals surface area contributed by atoms with Crippen LogP contribution in [0.1, 0.15) is 18.9 Å². The molecule has 0 fully saturated rings. The van der Waals surface area contributed by atoms with Crippen LogP contribution in [0.25, 0.3) is 0 Å². The molecule has 0 aliphatic rings. The number of hydrogen-bond donors (Lipinski definition) is 0. The highest BCUT2D eigenvalue weighted by Gasteiger charge is 2.10. The number of carbonyl (C=O) groups is 1. The first-order valence-electron chi connectivity index (χ1n) is 5.34. The number of hydrogen-bond acceptors (Lipinski definition) is 4.